The lowest BCUT2D eigenvalue weighted by Crippen LogP contribution is -2.48. The van der Waals surface area contributed by atoms with Crippen molar-refractivity contribution in [2.75, 3.05) is 45.9 Å². The molecule has 1 saturated heterocycles. The third-order valence-corrected chi connectivity index (χ3v) is 6.08. The topological polar surface area (TPSA) is 44.8 Å². The Balaban J connectivity index is 1.47. The molecular weight excluding hydrogens is 326 g/mol. The van der Waals surface area contributed by atoms with E-state index in [1.54, 1.807) is 0 Å². The van der Waals surface area contributed by atoms with E-state index in [-0.39, 0.29) is 6.03 Å². The summed E-state index contributed by atoms with van der Waals surface area (Å²) in [7, 11) is 0. The van der Waals surface area contributed by atoms with Gasteiger partial charge in [0.15, 0.2) is 0 Å². The van der Waals surface area contributed by atoms with Gasteiger partial charge in [-0.1, -0.05) is 31.4 Å². The number of rotatable bonds is 7. The second-order valence-electron chi connectivity index (χ2n) is 8.19. The van der Waals surface area contributed by atoms with Crippen LogP contribution >= 0.6 is 0 Å². The van der Waals surface area contributed by atoms with Gasteiger partial charge in [0.25, 0.3) is 0 Å². The normalized spacial score (nSPS) is 25.2. The van der Waals surface area contributed by atoms with E-state index in [0.29, 0.717) is 12.0 Å². The first-order valence-electron chi connectivity index (χ1n) is 10.8. The number of amides is 2. The second kappa shape index (κ2) is 10.9. The lowest BCUT2D eigenvalue weighted by atomic mass is 9.93. The molecule has 1 saturated carbocycles. The quantitative estimate of drug-likeness (QED) is 0.705. The van der Waals surface area contributed by atoms with Crippen molar-refractivity contribution in [2.45, 2.75) is 63.8 Å². The lowest BCUT2D eigenvalue weighted by Gasteiger charge is -2.32. The SMILES string of the molecule is O=C(NC1CCCCC1)N(CCCN1CCOCC1)C[C@H]1CC=CCC1. The van der Waals surface area contributed by atoms with Gasteiger partial charge in [-0.3, -0.25) is 4.90 Å². The molecule has 2 amide bonds. The molecule has 1 atom stereocenters. The van der Waals surface area contributed by atoms with Crippen molar-refractivity contribution in [2.24, 2.45) is 5.92 Å². The Kier molecular flexibility index (Phi) is 8.27. The molecule has 1 N–H and O–H groups in total. The molecule has 148 valence electrons. The Morgan fingerprint density at radius 1 is 1.12 bits per heavy atom. The maximum absolute atomic E-state index is 12.9. The van der Waals surface area contributed by atoms with E-state index in [0.717, 1.165) is 78.0 Å². The third-order valence-electron chi connectivity index (χ3n) is 6.08. The van der Waals surface area contributed by atoms with Gasteiger partial charge >= 0.3 is 6.03 Å². The van der Waals surface area contributed by atoms with Gasteiger partial charge in [-0.05, 0) is 44.4 Å². The highest BCUT2D eigenvalue weighted by atomic mass is 16.5. The van der Waals surface area contributed by atoms with Crippen LogP contribution in [0.15, 0.2) is 12.2 Å². The number of hydrogen-bond acceptors (Lipinski definition) is 3. The van der Waals surface area contributed by atoms with Crippen LogP contribution in [-0.2, 0) is 4.74 Å². The van der Waals surface area contributed by atoms with Crippen LogP contribution in [0.4, 0.5) is 4.79 Å². The summed E-state index contributed by atoms with van der Waals surface area (Å²) in [6, 6.07) is 0.567. The van der Waals surface area contributed by atoms with Crippen LogP contribution < -0.4 is 5.32 Å². The zero-order valence-electron chi connectivity index (χ0n) is 16.3. The van der Waals surface area contributed by atoms with Gasteiger partial charge in [-0.25, -0.2) is 4.79 Å². The van der Waals surface area contributed by atoms with Crippen LogP contribution in [0.3, 0.4) is 0 Å². The maximum Gasteiger partial charge on any atom is 0.317 e. The molecule has 0 spiro atoms. The van der Waals surface area contributed by atoms with Crippen LogP contribution in [0.1, 0.15) is 57.8 Å². The molecular formula is C21H37N3O2. The van der Waals surface area contributed by atoms with Gasteiger partial charge in [0.1, 0.15) is 0 Å². The number of nitrogens with zero attached hydrogens (tertiary/aromatic N) is 2. The number of morpholine rings is 1. The average Bonchev–Trinajstić information content (AvgIpc) is 2.69. The summed E-state index contributed by atoms with van der Waals surface area (Å²) in [6.45, 7) is 6.60. The molecule has 0 unspecified atom stereocenters. The van der Waals surface area contributed by atoms with Crippen LogP contribution in [0.5, 0.6) is 0 Å². The second-order valence-corrected chi connectivity index (χ2v) is 8.19. The van der Waals surface area contributed by atoms with E-state index < -0.39 is 0 Å². The van der Waals surface area contributed by atoms with Crippen molar-refractivity contribution in [3.63, 3.8) is 0 Å². The van der Waals surface area contributed by atoms with Crippen LogP contribution in [0.2, 0.25) is 0 Å². The fourth-order valence-electron chi connectivity index (χ4n) is 4.43. The van der Waals surface area contributed by atoms with Crippen molar-refractivity contribution in [3.05, 3.63) is 12.2 Å². The number of carbonyl (C=O) groups is 1. The first-order chi connectivity index (χ1) is 12.8. The fraction of sp³-hybridized carbons (Fsp3) is 0.857. The van der Waals surface area contributed by atoms with Crippen LogP contribution in [0.25, 0.3) is 0 Å². The Morgan fingerprint density at radius 3 is 2.65 bits per heavy atom. The van der Waals surface area contributed by atoms with E-state index in [4.69, 9.17) is 4.74 Å². The zero-order valence-corrected chi connectivity index (χ0v) is 16.3. The van der Waals surface area contributed by atoms with Crippen LogP contribution in [0, 0.1) is 5.92 Å². The Bertz CT molecular complexity index is 443. The largest absolute Gasteiger partial charge is 0.379 e. The van der Waals surface area contributed by atoms with E-state index in [1.165, 1.54) is 25.7 Å². The summed E-state index contributed by atoms with van der Waals surface area (Å²) in [4.78, 5) is 17.5. The Morgan fingerprint density at radius 2 is 1.92 bits per heavy atom. The maximum atomic E-state index is 12.9. The first kappa shape index (κ1) is 19.7. The molecule has 0 radical (unpaired) electrons. The van der Waals surface area contributed by atoms with Crippen molar-refractivity contribution in [3.8, 4) is 0 Å². The highest BCUT2D eigenvalue weighted by molar-refractivity contribution is 5.74. The summed E-state index contributed by atoms with van der Waals surface area (Å²) in [5.74, 6) is 0.625. The molecule has 1 heterocycles. The van der Waals surface area contributed by atoms with E-state index in [9.17, 15) is 4.79 Å². The van der Waals surface area contributed by atoms with Crippen molar-refractivity contribution in [1.29, 1.82) is 0 Å². The van der Waals surface area contributed by atoms with Crippen molar-refractivity contribution >= 4 is 6.03 Å². The van der Waals surface area contributed by atoms with Gasteiger partial charge < -0.3 is 15.0 Å². The number of urea groups is 1. The molecule has 2 aliphatic carbocycles. The molecule has 5 heteroatoms. The molecule has 1 aliphatic heterocycles. The van der Waals surface area contributed by atoms with Gasteiger partial charge in [-0.15, -0.1) is 0 Å². The smallest absolute Gasteiger partial charge is 0.317 e. The molecule has 0 aromatic heterocycles. The monoisotopic (exact) mass is 363 g/mol. The predicted octanol–water partition coefficient (Wildman–Crippen LogP) is 3.41. The molecule has 5 nitrogen and oxygen atoms in total. The fourth-order valence-corrected chi connectivity index (χ4v) is 4.43. The molecule has 0 aromatic rings. The summed E-state index contributed by atoms with van der Waals surface area (Å²) in [5, 5.41) is 3.33. The van der Waals surface area contributed by atoms with Gasteiger partial charge in [-0.2, -0.15) is 0 Å². The standard InChI is InChI=1S/C21H37N3O2/c25-21(22-20-10-5-2-6-11-20)24(18-19-8-3-1-4-9-19)13-7-12-23-14-16-26-17-15-23/h1,3,19-20H,2,4-18H2,(H,22,25)/t19-/m0/s1. The molecule has 3 aliphatic rings. The number of nitrogens with one attached hydrogen (secondary N) is 1. The minimum atomic E-state index is 0.174. The highest BCUT2D eigenvalue weighted by Gasteiger charge is 2.23. The number of ether oxygens (including phenoxy) is 1. The molecule has 3 rings (SSSR count). The number of hydrogen-bond donors (Lipinski definition) is 1. The van der Waals surface area contributed by atoms with Gasteiger partial charge in [0.2, 0.25) is 0 Å². The highest BCUT2D eigenvalue weighted by Crippen LogP contribution is 2.21. The van der Waals surface area contributed by atoms with E-state index in [1.807, 2.05) is 0 Å². The Hall–Kier alpha value is -1.07. The van der Waals surface area contributed by atoms with Crippen LogP contribution in [-0.4, -0.2) is 67.8 Å². The molecule has 2 fully saturated rings. The van der Waals surface area contributed by atoms with Crippen molar-refractivity contribution < 1.29 is 9.53 Å². The Labute approximate surface area is 159 Å². The first-order valence-corrected chi connectivity index (χ1v) is 10.8. The minimum absolute atomic E-state index is 0.174. The van der Waals surface area contributed by atoms with Gasteiger partial charge in [0.05, 0.1) is 13.2 Å². The van der Waals surface area contributed by atoms with Crippen molar-refractivity contribution in [1.82, 2.24) is 15.1 Å². The number of carbonyl (C=O) groups excluding carboxylic acids is 1. The third kappa shape index (κ3) is 6.58. The van der Waals surface area contributed by atoms with E-state index in [2.05, 4.69) is 27.3 Å². The summed E-state index contributed by atoms with van der Waals surface area (Å²) in [5.41, 5.74) is 0. The summed E-state index contributed by atoms with van der Waals surface area (Å²) < 4.78 is 5.43. The average molecular weight is 364 g/mol. The molecule has 0 bridgehead atoms. The minimum Gasteiger partial charge on any atom is -0.379 e. The summed E-state index contributed by atoms with van der Waals surface area (Å²) in [6.07, 6.45) is 15.3. The zero-order chi connectivity index (χ0) is 18.0. The van der Waals surface area contributed by atoms with E-state index >= 15 is 0 Å². The number of allylic oxidation sites excluding steroid dienone is 2. The molecule has 0 aromatic carbocycles. The lowest BCUT2D eigenvalue weighted by molar-refractivity contribution is 0.0363. The molecule has 26 heavy (non-hydrogen) atoms. The van der Waals surface area contributed by atoms with Gasteiger partial charge in [0, 0.05) is 38.8 Å². The predicted molar refractivity (Wildman–Crippen MR) is 105 cm³/mol. The summed E-state index contributed by atoms with van der Waals surface area (Å²) >= 11 is 0.